The van der Waals surface area contributed by atoms with Gasteiger partial charge in [-0.1, -0.05) is 30.3 Å². The fourth-order valence-corrected chi connectivity index (χ4v) is 1.51. The van der Waals surface area contributed by atoms with Crippen LogP contribution < -0.4 is 0 Å². The lowest BCUT2D eigenvalue weighted by atomic mass is 10.2. The highest BCUT2D eigenvalue weighted by Gasteiger charge is 2.11. The van der Waals surface area contributed by atoms with Crippen LogP contribution in [0, 0.1) is 0 Å². The van der Waals surface area contributed by atoms with Crippen LogP contribution >= 0.6 is 0 Å². The Kier molecular flexibility index (Phi) is 2.72. The number of aromatic hydroxyl groups is 1. The summed E-state index contributed by atoms with van der Waals surface area (Å²) < 4.78 is 1.56. The summed E-state index contributed by atoms with van der Waals surface area (Å²) in [5.41, 5.74) is 1.19. The van der Waals surface area contributed by atoms with Crippen molar-refractivity contribution in [2.75, 3.05) is 0 Å². The summed E-state index contributed by atoms with van der Waals surface area (Å²) >= 11 is 0. The molecule has 2 rings (SSSR count). The molecule has 2 aromatic rings. The molecule has 1 heterocycles. The molecule has 0 atom stereocenters. The molecule has 82 valence electrons. The zero-order chi connectivity index (χ0) is 11.5. The molecule has 4 nitrogen and oxygen atoms in total. The van der Waals surface area contributed by atoms with E-state index in [0.29, 0.717) is 6.54 Å². The molecule has 0 amide bonds. The maximum Gasteiger partial charge on any atom is 0.183 e. The lowest BCUT2D eigenvalue weighted by Gasteiger charge is -2.00. The van der Waals surface area contributed by atoms with E-state index >= 15 is 0 Å². The molecule has 0 unspecified atom stereocenters. The Bertz CT molecular complexity index is 503. The predicted octanol–water partition coefficient (Wildman–Crippen LogP) is 1.84. The van der Waals surface area contributed by atoms with E-state index in [1.54, 1.807) is 4.68 Å². The molecule has 0 radical (unpaired) electrons. The first-order valence-electron chi connectivity index (χ1n) is 4.98. The van der Waals surface area contributed by atoms with Gasteiger partial charge in [0.25, 0.3) is 0 Å². The molecule has 0 saturated heterocycles. The first kappa shape index (κ1) is 10.4. The third-order valence-electron chi connectivity index (χ3n) is 2.26. The summed E-state index contributed by atoms with van der Waals surface area (Å²) in [6.07, 6.45) is 1.46. The van der Waals surface area contributed by atoms with Crippen molar-refractivity contribution in [1.29, 1.82) is 0 Å². The van der Waals surface area contributed by atoms with Crippen molar-refractivity contribution in [3.05, 3.63) is 47.8 Å². The maximum atomic E-state index is 11.1. The summed E-state index contributed by atoms with van der Waals surface area (Å²) in [4.78, 5) is 11.1. The second-order valence-electron chi connectivity index (χ2n) is 3.60. The summed E-state index contributed by atoms with van der Waals surface area (Å²) in [6, 6.07) is 9.73. The van der Waals surface area contributed by atoms with Crippen molar-refractivity contribution in [3.63, 3.8) is 0 Å². The smallest absolute Gasteiger partial charge is 0.183 e. The van der Waals surface area contributed by atoms with E-state index in [0.717, 1.165) is 5.56 Å². The van der Waals surface area contributed by atoms with E-state index in [2.05, 4.69) is 5.10 Å². The summed E-state index contributed by atoms with van der Waals surface area (Å²) in [5, 5.41) is 13.5. The van der Waals surface area contributed by atoms with Crippen LogP contribution in [0.3, 0.4) is 0 Å². The topological polar surface area (TPSA) is 55.1 Å². The third kappa shape index (κ3) is 2.11. The number of carbonyl (C=O) groups is 1. The lowest BCUT2D eigenvalue weighted by molar-refractivity contribution is 0.101. The van der Waals surface area contributed by atoms with Gasteiger partial charge in [0, 0.05) is 6.92 Å². The number of hydrogen-bond donors (Lipinski definition) is 1. The Morgan fingerprint density at radius 1 is 1.38 bits per heavy atom. The Balaban J connectivity index is 2.23. The van der Waals surface area contributed by atoms with Gasteiger partial charge in [0.2, 0.25) is 0 Å². The van der Waals surface area contributed by atoms with Gasteiger partial charge >= 0.3 is 0 Å². The zero-order valence-corrected chi connectivity index (χ0v) is 8.92. The van der Waals surface area contributed by atoms with Gasteiger partial charge in [-0.15, -0.1) is 0 Å². The van der Waals surface area contributed by atoms with Crippen LogP contribution in [-0.2, 0) is 6.54 Å². The van der Waals surface area contributed by atoms with Crippen LogP contribution in [0.1, 0.15) is 23.0 Å². The van der Waals surface area contributed by atoms with E-state index in [1.807, 2.05) is 30.3 Å². The van der Waals surface area contributed by atoms with E-state index in [-0.39, 0.29) is 17.2 Å². The van der Waals surface area contributed by atoms with Crippen LogP contribution in [0.2, 0.25) is 0 Å². The number of ketones is 1. The van der Waals surface area contributed by atoms with E-state index in [9.17, 15) is 9.90 Å². The lowest BCUT2D eigenvalue weighted by Crippen LogP contribution is -2.02. The molecule has 0 bridgehead atoms. The summed E-state index contributed by atoms with van der Waals surface area (Å²) in [7, 11) is 0. The molecule has 0 saturated carbocycles. The predicted molar refractivity (Wildman–Crippen MR) is 59.4 cm³/mol. The molecule has 1 N–H and O–H groups in total. The highest BCUT2D eigenvalue weighted by molar-refractivity contribution is 5.94. The molecule has 0 aliphatic rings. The molecular weight excluding hydrogens is 204 g/mol. The molecule has 16 heavy (non-hydrogen) atoms. The third-order valence-corrected chi connectivity index (χ3v) is 2.26. The Hall–Kier alpha value is -2.10. The standard InChI is InChI=1S/C12H12N2O2/c1-9(15)12-11(16)8-14(13-12)7-10-5-3-2-4-6-10/h2-6,8,16H,7H2,1H3. The molecule has 0 aliphatic carbocycles. The van der Waals surface area contributed by atoms with Gasteiger partial charge in [0.05, 0.1) is 12.7 Å². The molecule has 1 aromatic heterocycles. The number of benzene rings is 1. The first-order chi connectivity index (χ1) is 7.66. The minimum Gasteiger partial charge on any atom is -0.504 e. The number of hydrogen-bond acceptors (Lipinski definition) is 3. The Morgan fingerprint density at radius 2 is 2.06 bits per heavy atom. The average molecular weight is 216 g/mol. The summed E-state index contributed by atoms with van der Waals surface area (Å²) in [5.74, 6) is -0.298. The molecule has 1 aromatic carbocycles. The van der Waals surface area contributed by atoms with Crippen molar-refractivity contribution in [2.45, 2.75) is 13.5 Å². The van der Waals surface area contributed by atoms with Crippen LogP contribution in [0.5, 0.6) is 5.75 Å². The minimum atomic E-state index is -0.232. The quantitative estimate of drug-likeness (QED) is 0.796. The normalized spacial score (nSPS) is 10.3. The molecular formula is C12H12N2O2. The second kappa shape index (κ2) is 4.18. The van der Waals surface area contributed by atoms with Gasteiger partial charge in [-0.25, -0.2) is 0 Å². The van der Waals surface area contributed by atoms with Crippen molar-refractivity contribution in [2.24, 2.45) is 0 Å². The zero-order valence-electron chi connectivity index (χ0n) is 8.92. The van der Waals surface area contributed by atoms with Crippen molar-refractivity contribution in [3.8, 4) is 5.75 Å². The largest absolute Gasteiger partial charge is 0.504 e. The number of rotatable bonds is 3. The van der Waals surface area contributed by atoms with Gasteiger partial charge in [-0.2, -0.15) is 5.10 Å². The van der Waals surface area contributed by atoms with E-state index < -0.39 is 0 Å². The van der Waals surface area contributed by atoms with Gasteiger partial charge in [0.15, 0.2) is 17.2 Å². The van der Waals surface area contributed by atoms with Crippen LogP contribution in [0.15, 0.2) is 36.5 Å². The molecule has 4 heteroatoms. The van der Waals surface area contributed by atoms with Gasteiger partial charge < -0.3 is 5.11 Å². The SMILES string of the molecule is CC(=O)c1nn(Cc2ccccc2)cc1O. The van der Waals surface area contributed by atoms with Crippen LogP contribution in [0.4, 0.5) is 0 Å². The fourth-order valence-electron chi connectivity index (χ4n) is 1.51. The van der Waals surface area contributed by atoms with Gasteiger partial charge in [-0.3, -0.25) is 9.48 Å². The molecule has 0 fully saturated rings. The Labute approximate surface area is 93.1 Å². The van der Waals surface area contributed by atoms with Crippen molar-refractivity contribution < 1.29 is 9.90 Å². The maximum absolute atomic E-state index is 11.1. The monoisotopic (exact) mass is 216 g/mol. The van der Waals surface area contributed by atoms with Crippen molar-refractivity contribution >= 4 is 5.78 Å². The number of nitrogens with zero attached hydrogens (tertiary/aromatic N) is 2. The van der Waals surface area contributed by atoms with E-state index in [1.165, 1.54) is 13.1 Å². The van der Waals surface area contributed by atoms with Crippen LogP contribution in [0.25, 0.3) is 0 Å². The van der Waals surface area contributed by atoms with E-state index in [4.69, 9.17) is 0 Å². The minimum absolute atomic E-state index is 0.0663. The molecule has 0 aliphatic heterocycles. The average Bonchev–Trinajstić information content (AvgIpc) is 2.61. The fraction of sp³-hybridized carbons (Fsp3) is 0.167. The number of carbonyl (C=O) groups excluding carboxylic acids is 1. The number of aromatic nitrogens is 2. The second-order valence-corrected chi connectivity index (χ2v) is 3.60. The highest BCUT2D eigenvalue weighted by atomic mass is 16.3. The van der Waals surface area contributed by atoms with Gasteiger partial charge in [0.1, 0.15) is 0 Å². The van der Waals surface area contributed by atoms with Crippen LogP contribution in [-0.4, -0.2) is 20.7 Å². The van der Waals surface area contributed by atoms with Gasteiger partial charge in [-0.05, 0) is 5.56 Å². The highest BCUT2D eigenvalue weighted by Crippen LogP contribution is 2.15. The summed E-state index contributed by atoms with van der Waals surface area (Å²) in [6.45, 7) is 1.93. The molecule has 0 spiro atoms. The first-order valence-corrected chi connectivity index (χ1v) is 4.98. The van der Waals surface area contributed by atoms with Crippen molar-refractivity contribution in [1.82, 2.24) is 9.78 Å². The Morgan fingerprint density at radius 3 is 2.62 bits per heavy atom. The number of Topliss-reactive ketones (excluding diaryl/α,β-unsaturated/α-hetero) is 1.